The molecule has 6 nitrogen and oxygen atoms in total. The van der Waals surface area contributed by atoms with Crippen LogP contribution in [0.1, 0.15) is 16.1 Å². The van der Waals surface area contributed by atoms with Crippen LogP contribution in [0.25, 0.3) is 0 Å². The van der Waals surface area contributed by atoms with Crippen molar-refractivity contribution in [1.82, 2.24) is 5.32 Å². The first-order chi connectivity index (χ1) is 7.67. The highest BCUT2D eigenvalue weighted by Gasteiger charge is 2.10. The fraction of sp³-hybridized carbons (Fsp3) is 0.500. The van der Waals surface area contributed by atoms with Crippen LogP contribution in [0.2, 0.25) is 0 Å². The third-order valence-corrected chi connectivity index (χ3v) is 1.96. The molecule has 0 aliphatic carbocycles. The third kappa shape index (κ3) is 3.65. The normalized spacial score (nSPS) is 12.4. The molecule has 3 N–H and O–H groups in total. The predicted octanol–water partition coefficient (Wildman–Crippen LogP) is -0.491. The van der Waals surface area contributed by atoms with E-state index in [1.165, 1.54) is 13.4 Å². The Labute approximate surface area is 92.8 Å². The van der Waals surface area contributed by atoms with Gasteiger partial charge in [0.25, 0.3) is 0 Å². The molecule has 0 saturated heterocycles. The summed E-state index contributed by atoms with van der Waals surface area (Å²) in [4.78, 5) is 11.1. The summed E-state index contributed by atoms with van der Waals surface area (Å²) in [6, 6.07) is 1.56. The number of nitrogens with one attached hydrogen (secondary N) is 1. The molecule has 1 aromatic heterocycles. The Hall–Kier alpha value is -1.37. The number of carbonyl (C=O) groups excluding carboxylic acids is 1. The van der Waals surface area contributed by atoms with Gasteiger partial charge in [0.15, 0.2) is 0 Å². The first-order valence-electron chi connectivity index (χ1n) is 4.82. The molecule has 0 amide bonds. The Morgan fingerprint density at radius 2 is 2.44 bits per heavy atom. The van der Waals surface area contributed by atoms with Crippen LogP contribution >= 0.6 is 0 Å². The lowest BCUT2D eigenvalue weighted by Crippen LogP contribution is -2.28. The van der Waals surface area contributed by atoms with Gasteiger partial charge in [0.05, 0.1) is 31.9 Å². The van der Waals surface area contributed by atoms with E-state index in [9.17, 15) is 4.79 Å². The topological polar surface area (TPSA) is 91.9 Å². The van der Waals surface area contributed by atoms with Gasteiger partial charge in [-0.1, -0.05) is 0 Å². The maximum atomic E-state index is 11.1. The minimum atomic E-state index is -0.796. The lowest BCUT2D eigenvalue weighted by molar-refractivity contribution is 0.0600. The molecule has 1 rings (SSSR count). The number of aliphatic hydroxyl groups excluding tert-OH is 2. The molecule has 0 bridgehead atoms. The van der Waals surface area contributed by atoms with Crippen LogP contribution in [-0.4, -0.2) is 42.5 Å². The molecule has 0 radical (unpaired) electrons. The molecule has 0 saturated carbocycles. The van der Waals surface area contributed by atoms with E-state index in [-0.39, 0.29) is 13.2 Å². The van der Waals surface area contributed by atoms with E-state index >= 15 is 0 Å². The molecule has 0 aliphatic heterocycles. The van der Waals surface area contributed by atoms with E-state index < -0.39 is 12.1 Å². The molecule has 90 valence electrons. The van der Waals surface area contributed by atoms with Gasteiger partial charge in [0.2, 0.25) is 0 Å². The number of carbonyl (C=O) groups is 1. The minimum Gasteiger partial charge on any atom is -0.467 e. The van der Waals surface area contributed by atoms with Crippen molar-refractivity contribution in [2.24, 2.45) is 0 Å². The van der Waals surface area contributed by atoms with Gasteiger partial charge in [0, 0.05) is 6.54 Å². The standard InChI is InChI=1S/C10H15NO5/c1-15-10(14)7-2-9(16-6-7)4-11-3-8(13)5-12/h2,6,8,11-13H,3-5H2,1H3. The number of furan rings is 1. The summed E-state index contributed by atoms with van der Waals surface area (Å²) in [5, 5.41) is 20.5. The summed E-state index contributed by atoms with van der Waals surface area (Å²) >= 11 is 0. The maximum absolute atomic E-state index is 11.1. The molecule has 0 aliphatic rings. The monoisotopic (exact) mass is 229 g/mol. The molecule has 1 heterocycles. The summed E-state index contributed by atoms with van der Waals surface area (Å²) in [5.41, 5.74) is 0.349. The van der Waals surface area contributed by atoms with E-state index in [1.54, 1.807) is 6.07 Å². The average Bonchev–Trinajstić information content (AvgIpc) is 2.76. The highest BCUT2D eigenvalue weighted by Crippen LogP contribution is 2.08. The number of rotatable bonds is 6. The van der Waals surface area contributed by atoms with E-state index in [2.05, 4.69) is 10.1 Å². The van der Waals surface area contributed by atoms with Crippen molar-refractivity contribution < 1.29 is 24.2 Å². The molecular weight excluding hydrogens is 214 g/mol. The van der Waals surface area contributed by atoms with Crippen LogP contribution in [0.3, 0.4) is 0 Å². The zero-order chi connectivity index (χ0) is 12.0. The predicted molar refractivity (Wildman–Crippen MR) is 54.8 cm³/mol. The van der Waals surface area contributed by atoms with Gasteiger partial charge >= 0.3 is 5.97 Å². The number of hydrogen-bond acceptors (Lipinski definition) is 6. The molecule has 1 atom stereocenters. The second-order valence-electron chi connectivity index (χ2n) is 3.26. The van der Waals surface area contributed by atoms with Crippen molar-refractivity contribution in [3.05, 3.63) is 23.7 Å². The van der Waals surface area contributed by atoms with Crippen molar-refractivity contribution in [2.75, 3.05) is 20.3 Å². The summed E-state index contributed by atoms with van der Waals surface area (Å²) < 4.78 is 9.61. The minimum absolute atomic E-state index is 0.255. The summed E-state index contributed by atoms with van der Waals surface area (Å²) in [6.45, 7) is 0.331. The lowest BCUT2D eigenvalue weighted by atomic mass is 10.3. The van der Waals surface area contributed by atoms with Gasteiger partial charge in [-0.25, -0.2) is 4.79 Å². The SMILES string of the molecule is COC(=O)c1coc(CNCC(O)CO)c1. The quantitative estimate of drug-likeness (QED) is 0.570. The van der Waals surface area contributed by atoms with Crippen molar-refractivity contribution in [2.45, 2.75) is 12.6 Å². The second-order valence-corrected chi connectivity index (χ2v) is 3.26. The lowest BCUT2D eigenvalue weighted by Gasteiger charge is -2.06. The van der Waals surface area contributed by atoms with Gasteiger partial charge < -0.3 is 24.7 Å². The van der Waals surface area contributed by atoms with Crippen molar-refractivity contribution in [3.8, 4) is 0 Å². The Morgan fingerprint density at radius 1 is 1.69 bits per heavy atom. The third-order valence-electron chi connectivity index (χ3n) is 1.96. The Bertz CT molecular complexity index is 336. The van der Waals surface area contributed by atoms with Gasteiger partial charge in [-0.15, -0.1) is 0 Å². The van der Waals surface area contributed by atoms with Crippen LogP contribution in [0.15, 0.2) is 16.7 Å². The van der Waals surface area contributed by atoms with Gasteiger partial charge in [-0.05, 0) is 6.07 Å². The van der Waals surface area contributed by atoms with Gasteiger partial charge in [-0.2, -0.15) is 0 Å². The van der Waals surface area contributed by atoms with E-state index in [0.29, 0.717) is 17.9 Å². The molecule has 0 spiro atoms. The molecule has 1 aromatic rings. The molecule has 1 unspecified atom stereocenters. The number of methoxy groups -OCH3 is 1. The van der Waals surface area contributed by atoms with Crippen LogP contribution in [0.5, 0.6) is 0 Å². The zero-order valence-electron chi connectivity index (χ0n) is 8.97. The van der Waals surface area contributed by atoms with Crippen molar-refractivity contribution in [1.29, 1.82) is 0 Å². The van der Waals surface area contributed by atoms with E-state index in [4.69, 9.17) is 14.6 Å². The van der Waals surface area contributed by atoms with Crippen LogP contribution in [0, 0.1) is 0 Å². The van der Waals surface area contributed by atoms with Crippen LogP contribution < -0.4 is 5.32 Å². The highest BCUT2D eigenvalue weighted by atomic mass is 16.5. The smallest absolute Gasteiger partial charge is 0.341 e. The van der Waals surface area contributed by atoms with E-state index in [0.717, 1.165) is 0 Å². The summed E-state index contributed by atoms with van der Waals surface area (Å²) in [7, 11) is 1.30. The number of hydrogen-bond donors (Lipinski definition) is 3. The number of esters is 1. The fourth-order valence-electron chi connectivity index (χ4n) is 1.12. The molecular formula is C10H15NO5. The average molecular weight is 229 g/mol. The Balaban J connectivity index is 2.38. The molecule has 0 aromatic carbocycles. The maximum Gasteiger partial charge on any atom is 0.341 e. The van der Waals surface area contributed by atoms with Gasteiger partial charge in [-0.3, -0.25) is 0 Å². The number of aliphatic hydroxyl groups is 2. The fourth-order valence-corrected chi connectivity index (χ4v) is 1.12. The first-order valence-corrected chi connectivity index (χ1v) is 4.82. The highest BCUT2D eigenvalue weighted by molar-refractivity contribution is 5.88. The first kappa shape index (κ1) is 12.7. The number of ether oxygens (including phenoxy) is 1. The van der Waals surface area contributed by atoms with Crippen molar-refractivity contribution in [3.63, 3.8) is 0 Å². The second kappa shape index (κ2) is 6.26. The Morgan fingerprint density at radius 3 is 3.06 bits per heavy atom. The zero-order valence-corrected chi connectivity index (χ0v) is 8.97. The van der Waals surface area contributed by atoms with Crippen LogP contribution in [-0.2, 0) is 11.3 Å². The molecule has 0 fully saturated rings. The van der Waals surface area contributed by atoms with Crippen molar-refractivity contribution >= 4 is 5.97 Å². The van der Waals surface area contributed by atoms with Crippen LogP contribution in [0.4, 0.5) is 0 Å². The molecule has 6 heteroatoms. The Kier molecular flexibility index (Phi) is 4.97. The van der Waals surface area contributed by atoms with Gasteiger partial charge in [0.1, 0.15) is 12.0 Å². The largest absolute Gasteiger partial charge is 0.467 e. The summed E-state index contributed by atoms with van der Waals surface area (Å²) in [5.74, 6) is 0.107. The molecule has 16 heavy (non-hydrogen) atoms. The van der Waals surface area contributed by atoms with E-state index in [1.807, 2.05) is 0 Å². The summed E-state index contributed by atoms with van der Waals surface area (Å²) in [6.07, 6.45) is 0.515.